The molecule has 1 heterocycles. The largest absolute Gasteiger partial charge is 0.573 e. The van der Waals surface area contributed by atoms with E-state index in [2.05, 4.69) is 15.0 Å². The average Bonchev–Trinajstić information content (AvgIpc) is 3.14. The molecule has 5 nitrogen and oxygen atoms in total. The Morgan fingerprint density at radius 3 is 2.52 bits per heavy atom. The third-order valence-corrected chi connectivity index (χ3v) is 3.97. The summed E-state index contributed by atoms with van der Waals surface area (Å²) in [5.74, 6) is -0.444. The Morgan fingerprint density at radius 1 is 1.11 bits per heavy atom. The number of benzene rings is 2. The van der Waals surface area contributed by atoms with E-state index in [0.29, 0.717) is 17.0 Å². The number of nitrogens with one attached hydrogen (secondary N) is 1. The number of carbonyl (C=O) groups excluding carboxylic acids is 1. The number of anilines is 1. The second-order valence-electron chi connectivity index (χ2n) is 5.29. The first-order valence-corrected chi connectivity index (χ1v) is 8.61. The quantitative estimate of drug-likeness (QED) is 0.648. The number of thiazole rings is 1. The zero-order valence-electron chi connectivity index (χ0n) is 13.7. The zero-order chi connectivity index (χ0) is 19.3. The molecule has 0 spiro atoms. The van der Waals surface area contributed by atoms with E-state index < -0.39 is 12.3 Å². The summed E-state index contributed by atoms with van der Waals surface area (Å²) in [5.41, 5.74) is 3.05. The molecule has 0 aliphatic rings. The van der Waals surface area contributed by atoms with Gasteiger partial charge in [0.2, 0.25) is 0 Å². The van der Waals surface area contributed by atoms with Crippen LogP contribution in [0.25, 0.3) is 0 Å². The summed E-state index contributed by atoms with van der Waals surface area (Å²) >= 11 is 1.44. The fraction of sp³-hybridized carbons (Fsp3) is 0.111. The summed E-state index contributed by atoms with van der Waals surface area (Å²) in [5, 5.41) is 4.45. The number of aromatic nitrogens is 1. The van der Waals surface area contributed by atoms with Crippen molar-refractivity contribution in [1.82, 2.24) is 4.98 Å². The number of ether oxygens (including phenoxy) is 2. The molecule has 0 atom stereocenters. The van der Waals surface area contributed by atoms with Crippen molar-refractivity contribution in [2.75, 3.05) is 5.32 Å². The fourth-order valence-corrected chi connectivity index (χ4v) is 2.72. The summed E-state index contributed by atoms with van der Waals surface area (Å²) in [6.07, 6.45) is -4.77. The lowest BCUT2D eigenvalue weighted by Gasteiger charge is -2.12. The van der Waals surface area contributed by atoms with Crippen LogP contribution in [0.3, 0.4) is 0 Å². The molecular formula is C18H13F3N2O3S. The maximum Gasteiger partial charge on any atom is 0.573 e. The van der Waals surface area contributed by atoms with Gasteiger partial charge in [-0.05, 0) is 36.4 Å². The Bertz CT molecular complexity index is 897. The standard InChI is InChI=1S/C18H13F3N2O3S/c19-18(20,21)26-14-7-5-12(6-8-14)23-17(24)15-3-1-2-4-16(15)25-9-13-10-27-11-22-13/h1-8,10-11H,9H2,(H,23,24). The van der Waals surface area contributed by atoms with Gasteiger partial charge >= 0.3 is 6.36 Å². The molecule has 1 amide bonds. The van der Waals surface area contributed by atoms with E-state index in [9.17, 15) is 18.0 Å². The van der Waals surface area contributed by atoms with Crippen molar-refractivity contribution in [2.24, 2.45) is 0 Å². The minimum absolute atomic E-state index is 0.220. The van der Waals surface area contributed by atoms with Gasteiger partial charge in [0, 0.05) is 11.1 Å². The lowest BCUT2D eigenvalue weighted by atomic mass is 10.2. The van der Waals surface area contributed by atoms with Gasteiger partial charge < -0.3 is 14.8 Å². The first-order chi connectivity index (χ1) is 12.9. The number of carbonyl (C=O) groups is 1. The highest BCUT2D eigenvalue weighted by molar-refractivity contribution is 7.07. The molecule has 0 unspecified atom stereocenters. The van der Waals surface area contributed by atoms with E-state index in [-0.39, 0.29) is 12.4 Å². The molecule has 9 heteroatoms. The van der Waals surface area contributed by atoms with E-state index in [1.165, 1.54) is 23.5 Å². The van der Waals surface area contributed by atoms with Crippen LogP contribution in [-0.4, -0.2) is 17.3 Å². The Hall–Kier alpha value is -3.07. The molecule has 27 heavy (non-hydrogen) atoms. The van der Waals surface area contributed by atoms with E-state index >= 15 is 0 Å². The molecule has 0 aliphatic carbocycles. The van der Waals surface area contributed by atoms with Gasteiger partial charge in [-0.3, -0.25) is 4.79 Å². The number of para-hydroxylation sites is 1. The third-order valence-electron chi connectivity index (χ3n) is 3.34. The Balaban J connectivity index is 1.67. The molecule has 2 aromatic carbocycles. The van der Waals surface area contributed by atoms with Gasteiger partial charge in [-0.2, -0.15) is 0 Å². The maximum absolute atomic E-state index is 12.5. The van der Waals surface area contributed by atoms with Gasteiger partial charge in [-0.1, -0.05) is 12.1 Å². The van der Waals surface area contributed by atoms with Crippen molar-refractivity contribution < 1.29 is 27.4 Å². The van der Waals surface area contributed by atoms with E-state index in [0.717, 1.165) is 17.8 Å². The molecule has 3 rings (SSSR count). The number of halogens is 3. The van der Waals surface area contributed by atoms with Crippen LogP contribution in [0.4, 0.5) is 18.9 Å². The smallest absolute Gasteiger partial charge is 0.486 e. The fourth-order valence-electron chi connectivity index (χ4n) is 2.18. The third kappa shape index (κ3) is 5.45. The van der Waals surface area contributed by atoms with E-state index in [1.54, 1.807) is 29.8 Å². The maximum atomic E-state index is 12.5. The molecule has 0 fully saturated rings. The van der Waals surface area contributed by atoms with Crippen LogP contribution in [0.1, 0.15) is 16.1 Å². The number of rotatable bonds is 6. The van der Waals surface area contributed by atoms with Crippen LogP contribution in [-0.2, 0) is 6.61 Å². The molecule has 0 bridgehead atoms. The van der Waals surface area contributed by atoms with Gasteiger partial charge in [0.1, 0.15) is 18.1 Å². The van der Waals surface area contributed by atoms with Gasteiger partial charge in [0.05, 0.1) is 16.8 Å². The highest BCUT2D eigenvalue weighted by Crippen LogP contribution is 2.25. The summed E-state index contributed by atoms with van der Waals surface area (Å²) in [6.45, 7) is 0.220. The zero-order valence-corrected chi connectivity index (χ0v) is 14.5. The molecule has 0 saturated heterocycles. The van der Waals surface area contributed by atoms with Crippen molar-refractivity contribution in [2.45, 2.75) is 13.0 Å². The van der Waals surface area contributed by atoms with Crippen molar-refractivity contribution >= 4 is 22.9 Å². The van der Waals surface area contributed by atoms with Gasteiger partial charge in [0.15, 0.2) is 0 Å². The van der Waals surface area contributed by atoms with Gasteiger partial charge in [-0.15, -0.1) is 24.5 Å². The molecular weight excluding hydrogens is 381 g/mol. The van der Waals surface area contributed by atoms with E-state index in [4.69, 9.17) is 4.74 Å². The lowest BCUT2D eigenvalue weighted by molar-refractivity contribution is -0.274. The topological polar surface area (TPSA) is 60.5 Å². The first kappa shape index (κ1) is 18.7. The normalized spacial score (nSPS) is 11.1. The van der Waals surface area contributed by atoms with Crippen molar-refractivity contribution in [3.05, 3.63) is 70.7 Å². The summed E-state index contributed by atoms with van der Waals surface area (Å²) < 4.78 is 46.0. The Labute approximate surface area is 156 Å². The Kier molecular flexibility index (Phi) is 5.60. The van der Waals surface area contributed by atoms with Crippen LogP contribution in [0.15, 0.2) is 59.4 Å². The Morgan fingerprint density at radius 2 is 1.85 bits per heavy atom. The predicted molar refractivity (Wildman–Crippen MR) is 94.0 cm³/mol. The monoisotopic (exact) mass is 394 g/mol. The SMILES string of the molecule is O=C(Nc1ccc(OC(F)(F)F)cc1)c1ccccc1OCc1cscn1. The number of hydrogen-bond acceptors (Lipinski definition) is 5. The van der Waals surface area contributed by atoms with Crippen LogP contribution >= 0.6 is 11.3 Å². The molecule has 1 N–H and O–H groups in total. The lowest BCUT2D eigenvalue weighted by Crippen LogP contribution is -2.17. The van der Waals surface area contributed by atoms with E-state index in [1.807, 2.05) is 5.38 Å². The molecule has 0 radical (unpaired) electrons. The number of amides is 1. The number of nitrogens with zero attached hydrogens (tertiary/aromatic N) is 1. The minimum atomic E-state index is -4.77. The van der Waals surface area contributed by atoms with Gasteiger partial charge in [0.25, 0.3) is 5.91 Å². The number of alkyl halides is 3. The van der Waals surface area contributed by atoms with Crippen molar-refractivity contribution in [3.8, 4) is 11.5 Å². The summed E-state index contributed by atoms with van der Waals surface area (Å²) in [6, 6.07) is 11.5. The van der Waals surface area contributed by atoms with Crippen LogP contribution in [0, 0.1) is 0 Å². The molecule has 1 aromatic heterocycles. The minimum Gasteiger partial charge on any atom is -0.486 e. The highest BCUT2D eigenvalue weighted by atomic mass is 32.1. The second-order valence-corrected chi connectivity index (χ2v) is 6.01. The van der Waals surface area contributed by atoms with Crippen LogP contribution in [0.2, 0.25) is 0 Å². The summed E-state index contributed by atoms with van der Waals surface area (Å²) in [7, 11) is 0. The second kappa shape index (κ2) is 8.09. The van der Waals surface area contributed by atoms with Crippen LogP contribution in [0.5, 0.6) is 11.5 Å². The van der Waals surface area contributed by atoms with Gasteiger partial charge in [-0.25, -0.2) is 4.98 Å². The number of hydrogen-bond donors (Lipinski definition) is 1. The first-order valence-electron chi connectivity index (χ1n) is 7.67. The summed E-state index contributed by atoms with van der Waals surface area (Å²) in [4.78, 5) is 16.6. The molecule has 3 aromatic rings. The van der Waals surface area contributed by atoms with Crippen molar-refractivity contribution in [3.63, 3.8) is 0 Å². The van der Waals surface area contributed by atoms with Crippen molar-refractivity contribution in [1.29, 1.82) is 0 Å². The highest BCUT2D eigenvalue weighted by Gasteiger charge is 2.31. The molecule has 0 saturated carbocycles. The molecule has 0 aliphatic heterocycles. The average molecular weight is 394 g/mol. The van der Waals surface area contributed by atoms with Crippen LogP contribution < -0.4 is 14.8 Å². The molecule has 140 valence electrons. The predicted octanol–water partition coefficient (Wildman–Crippen LogP) is 4.87.